The number of carbonyl (C=O) groups is 1. The molecule has 2 aromatic rings. The van der Waals surface area contributed by atoms with E-state index in [9.17, 15) is 57.8 Å². The first kappa shape index (κ1) is 27.8. The van der Waals surface area contributed by atoms with E-state index < -0.39 is 91.5 Å². The van der Waals surface area contributed by atoms with Crippen molar-refractivity contribution in [2.24, 2.45) is 0 Å². The van der Waals surface area contributed by atoms with E-state index in [1.807, 2.05) is 0 Å². The van der Waals surface area contributed by atoms with Crippen LogP contribution in [0.25, 0.3) is 0 Å². The average Bonchev–Trinajstić information content (AvgIpc) is 3.38. The number of anilines is 1. The number of sulfone groups is 1. The van der Waals surface area contributed by atoms with Crippen LogP contribution in [0, 0.1) is 0 Å². The number of rotatable bonds is 6. The molecule has 1 aliphatic rings. The molecule has 200 valence electrons. The van der Waals surface area contributed by atoms with E-state index in [-0.39, 0.29) is 17.4 Å². The first-order valence-corrected chi connectivity index (χ1v) is 11.7. The quantitative estimate of drug-likeness (QED) is 0.517. The molecule has 0 radical (unpaired) electrons. The molecule has 1 N–H and O–H groups in total. The van der Waals surface area contributed by atoms with E-state index in [4.69, 9.17) is 0 Å². The van der Waals surface area contributed by atoms with Gasteiger partial charge < -0.3 is 14.7 Å². The highest BCUT2D eigenvalue weighted by Gasteiger charge is 2.48. The lowest BCUT2D eigenvalue weighted by Gasteiger charge is -2.20. The van der Waals surface area contributed by atoms with Crippen LogP contribution in [0.15, 0.2) is 23.1 Å². The van der Waals surface area contributed by atoms with Crippen molar-refractivity contribution in [3.05, 3.63) is 28.8 Å². The van der Waals surface area contributed by atoms with Crippen molar-refractivity contribution in [3.63, 3.8) is 0 Å². The number of carboxylic acid groups (broad SMARTS) is 1. The minimum atomic E-state index is -5.37. The number of ether oxygens (including phenoxy) is 1. The fourth-order valence-corrected chi connectivity index (χ4v) is 5.99. The van der Waals surface area contributed by atoms with Crippen molar-refractivity contribution < 1.29 is 62.6 Å². The number of carboxylic acids is 1. The fourth-order valence-electron chi connectivity index (χ4n) is 3.33. The Balaban J connectivity index is 1.98. The van der Waals surface area contributed by atoms with Crippen molar-refractivity contribution in [2.45, 2.75) is 41.1 Å². The van der Waals surface area contributed by atoms with Crippen LogP contribution in [0.4, 0.5) is 44.6 Å². The Hall–Kier alpha value is -2.83. The number of hydrogen-bond donors (Lipinski definition) is 1. The topological polar surface area (TPSA) is 110 Å². The number of halogens is 9. The zero-order chi connectivity index (χ0) is 27.3. The summed E-state index contributed by atoms with van der Waals surface area (Å²) in [6, 6.07) is -0.770. The van der Waals surface area contributed by atoms with Crippen molar-refractivity contribution in [1.29, 1.82) is 0 Å². The van der Waals surface area contributed by atoms with Crippen LogP contribution >= 0.6 is 11.3 Å². The number of aliphatic carboxylic acids is 1. The zero-order valence-corrected chi connectivity index (χ0v) is 18.8. The van der Waals surface area contributed by atoms with Gasteiger partial charge >= 0.3 is 24.5 Å². The lowest BCUT2D eigenvalue weighted by molar-refractivity contribution is -0.153. The molecular formula is C17H12F9N3O5S2. The van der Waals surface area contributed by atoms with Gasteiger partial charge in [0.05, 0.1) is 15.7 Å². The van der Waals surface area contributed by atoms with Gasteiger partial charge in [0.1, 0.15) is 11.8 Å². The Kier molecular flexibility index (Phi) is 7.12. The summed E-state index contributed by atoms with van der Waals surface area (Å²) in [5.41, 5.74) is -1.86. The minimum absolute atomic E-state index is 0.0559. The van der Waals surface area contributed by atoms with Crippen LogP contribution in [-0.2, 0) is 27.0 Å². The van der Waals surface area contributed by atoms with Gasteiger partial charge in [0, 0.05) is 6.54 Å². The number of nitrogens with zero attached hydrogens (tertiary/aromatic N) is 3. The summed E-state index contributed by atoms with van der Waals surface area (Å²) in [7, 11) is -5.01. The van der Waals surface area contributed by atoms with Crippen LogP contribution in [0.1, 0.15) is 17.0 Å². The molecule has 36 heavy (non-hydrogen) atoms. The number of aromatic nitrogens is 2. The van der Waals surface area contributed by atoms with Gasteiger partial charge in [0.15, 0.2) is 16.4 Å². The summed E-state index contributed by atoms with van der Waals surface area (Å²) in [6.45, 7) is -2.79. The fraction of sp³-hybridized carbons (Fsp3) is 0.471. The maximum absolute atomic E-state index is 13.6. The summed E-state index contributed by atoms with van der Waals surface area (Å²) in [4.78, 5) is 10.9. The SMILES string of the molecule is O=C(O)[C@@H]1C[C@@H](S(=O)(=O)c2ccc(OCC(F)(F)F)cc2C(F)(F)F)CN1c1nnc(C(F)(F)F)s1. The van der Waals surface area contributed by atoms with Gasteiger partial charge in [-0.2, -0.15) is 39.5 Å². The molecule has 0 unspecified atom stereocenters. The second kappa shape index (κ2) is 9.24. The van der Waals surface area contributed by atoms with Gasteiger partial charge in [-0.25, -0.2) is 13.2 Å². The Bertz CT molecular complexity index is 1240. The van der Waals surface area contributed by atoms with Gasteiger partial charge in [-0.15, -0.1) is 10.2 Å². The third kappa shape index (κ3) is 5.93. The van der Waals surface area contributed by atoms with Gasteiger partial charge in [-0.05, 0) is 24.6 Å². The van der Waals surface area contributed by atoms with Gasteiger partial charge in [-0.1, -0.05) is 11.3 Å². The normalized spacial score (nSPS) is 19.5. The number of benzene rings is 1. The highest BCUT2D eigenvalue weighted by molar-refractivity contribution is 7.92. The minimum Gasteiger partial charge on any atom is -0.484 e. The molecule has 1 aliphatic heterocycles. The van der Waals surface area contributed by atoms with E-state index in [1.165, 1.54) is 0 Å². The predicted molar refractivity (Wildman–Crippen MR) is 102 cm³/mol. The Morgan fingerprint density at radius 2 is 1.72 bits per heavy atom. The second-order valence-corrected chi connectivity index (χ2v) is 10.5. The molecule has 0 spiro atoms. The predicted octanol–water partition coefficient (Wildman–Crippen LogP) is 4.02. The number of alkyl halides is 9. The van der Waals surface area contributed by atoms with Crippen molar-refractivity contribution >= 4 is 32.3 Å². The average molecular weight is 573 g/mol. The van der Waals surface area contributed by atoms with Crippen LogP contribution < -0.4 is 9.64 Å². The third-order valence-corrected chi connectivity index (χ3v) is 8.05. The van der Waals surface area contributed by atoms with Crippen LogP contribution in [-0.4, -0.2) is 60.3 Å². The van der Waals surface area contributed by atoms with E-state index in [0.717, 1.165) is 0 Å². The number of hydrogen-bond acceptors (Lipinski definition) is 8. The molecule has 0 bridgehead atoms. The molecule has 2 heterocycles. The molecule has 19 heteroatoms. The van der Waals surface area contributed by atoms with Crippen LogP contribution in [0.5, 0.6) is 5.75 Å². The summed E-state index contributed by atoms with van der Waals surface area (Å²) < 4.78 is 147. The zero-order valence-electron chi connectivity index (χ0n) is 17.1. The molecule has 0 amide bonds. The summed E-state index contributed by atoms with van der Waals surface area (Å²) >= 11 is -0.0844. The molecule has 1 saturated heterocycles. The van der Waals surface area contributed by atoms with Gasteiger partial charge in [0.2, 0.25) is 10.1 Å². The third-order valence-electron chi connectivity index (χ3n) is 4.85. The van der Waals surface area contributed by atoms with Crippen molar-refractivity contribution in [3.8, 4) is 5.75 Å². The van der Waals surface area contributed by atoms with E-state index in [1.54, 1.807) is 0 Å². The highest BCUT2D eigenvalue weighted by atomic mass is 32.2. The monoisotopic (exact) mass is 573 g/mol. The Morgan fingerprint density at radius 1 is 1.08 bits per heavy atom. The molecular weight excluding hydrogens is 561 g/mol. The summed E-state index contributed by atoms with van der Waals surface area (Å²) in [6.07, 6.45) is -16.0. The maximum Gasteiger partial charge on any atom is 0.445 e. The molecule has 0 saturated carbocycles. The molecule has 1 fully saturated rings. The maximum atomic E-state index is 13.6. The molecule has 0 aliphatic carbocycles. The molecule has 1 aromatic heterocycles. The van der Waals surface area contributed by atoms with Gasteiger partial charge in [-0.3, -0.25) is 0 Å². The van der Waals surface area contributed by atoms with Gasteiger partial charge in [0.25, 0.3) is 0 Å². The second-order valence-electron chi connectivity index (χ2n) is 7.36. The van der Waals surface area contributed by atoms with E-state index in [0.29, 0.717) is 17.0 Å². The molecule has 1 aromatic carbocycles. The highest BCUT2D eigenvalue weighted by Crippen LogP contribution is 2.41. The molecule has 8 nitrogen and oxygen atoms in total. The Morgan fingerprint density at radius 3 is 2.22 bits per heavy atom. The van der Waals surface area contributed by atoms with Crippen LogP contribution in [0.2, 0.25) is 0 Å². The summed E-state index contributed by atoms with van der Waals surface area (Å²) in [5, 5.41) is 11.6. The van der Waals surface area contributed by atoms with Crippen molar-refractivity contribution in [2.75, 3.05) is 18.1 Å². The standard InChI is InChI=1S/C17H12F9N3O5S2/c18-15(19,20)6-34-7-1-2-11(9(3-7)16(21,22)23)36(32,33)8-4-10(12(30)31)29(5-8)14-28-27-13(35-14)17(24,25)26/h1-3,8,10H,4-6H2,(H,30,31)/t8-,10+/m1/s1. The summed E-state index contributed by atoms with van der Waals surface area (Å²) in [5.74, 6) is -2.60. The largest absolute Gasteiger partial charge is 0.484 e. The van der Waals surface area contributed by atoms with Crippen LogP contribution in [0.3, 0.4) is 0 Å². The van der Waals surface area contributed by atoms with Crippen molar-refractivity contribution in [1.82, 2.24) is 10.2 Å². The lowest BCUT2D eigenvalue weighted by Crippen LogP contribution is -2.36. The first-order chi connectivity index (χ1) is 16.3. The lowest BCUT2D eigenvalue weighted by atomic mass is 10.2. The van der Waals surface area contributed by atoms with E-state index in [2.05, 4.69) is 14.9 Å². The van der Waals surface area contributed by atoms with E-state index >= 15 is 0 Å². The smallest absolute Gasteiger partial charge is 0.445 e. The molecule has 2 atom stereocenters. The Labute approximate surface area is 199 Å². The molecule has 3 rings (SSSR count). The first-order valence-electron chi connectivity index (χ1n) is 9.35.